The van der Waals surface area contributed by atoms with Gasteiger partial charge in [-0.2, -0.15) is 4.68 Å². The zero-order valence-electron chi connectivity index (χ0n) is 11.9. The average Bonchev–Trinajstić information content (AvgIpc) is 2.98. The summed E-state index contributed by atoms with van der Waals surface area (Å²) in [5.41, 5.74) is -0.0974. The van der Waals surface area contributed by atoms with Crippen LogP contribution in [0, 0.1) is 10.1 Å². The van der Waals surface area contributed by atoms with E-state index in [1.54, 1.807) is 18.2 Å². The van der Waals surface area contributed by atoms with Gasteiger partial charge in [-0.05, 0) is 29.5 Å². The molecule has 0 amide bonds. The van der Waals surface area contributed by atoms with Crippen LogP contribution in [-0.4, -0.2) is 23.1 Å². The summed E-state index contributed by atoms with van der Waals surface area (Å²) in [6, 6.07) is 12.8. The fourth-order valence-electron chi connectivity index (χ4n) is 1.97. The summed E-state index contributed by atoms with van der Waals surface area (Å²) in [6.07, 6.45) is 0. The molecule has 0 fully saturated rings. The number of aromatic nitrogens is 2. The summed E-state index contributed by atoms with van der Waals surface area (Å²) in [6.45, 7) is 0. The lowest BCUT2D eigenvalue weighted by atomic mass is 10.3. The lowest BCUT2D eigenvalue weighted by Gasteiger charge is -2.00. The molecule has 0 radical (unpaired) electrons. The molecule has 1 aromatic heterocycles. The highest BCUT2D eigenvalue weighted by molar-refractivity contribution is 7.93. The van der Waals surface area contributed by atoms with Crippen LogP contribution in [0.5, 0.6) is 0 Å². The van der Waals surface area contributed by atoms with Crippen LogP contribution < -0.4 is 4.87 Å². The number of non-ortho nitro benzene ring substituents is 1. The molecular formula is C14H9N3O5S2. The molecule has 122 valence electrons. The van der Waals surface area contributed by atoms with Gasteiger partial charge in [-0.15, -0.1) is 5.10 Å². The molecule has 8 nitrogen and oxygen atoms in total. The molecule has 2 aromatic carbocycles. The third-order valence-electron chi connectivity index (χ3n) is 3.10. The van der Waals surface area contributed by atoms with E-state index in [1.807, 2.05) is 0 Å². The van der Waals surface area contributed by atoms with Crippen LogP contribution in [0.2, 0.25) is 0 Å². The van der Waals surface area contributed by atoms with Gasteiger partial charge < -0.3 is 0 Å². The number of nitrogens with zero attached hydrogens (tertiary/aromatic N) is 3. The summed E-state index contributed by atoms with van der Waals surface area (Å²) in [7, 11) is -3.92. The molecule has 1 heterocycles. The van der Waals surface area contributed by atoms with Crippen molar-refractivity contribution in [3.63, 3.8) is 0 Å². The van der Waals surface area contributed by atoms with Crippen LogP contribution in [0.25, 0.3) is 5.69 Å². The Morgan fingerprint density at radius 1 is 1.08 bits per heavy atom. The molecule has 0 bridgehead atoms. The van der Waals surface area contributed by atoms with Crippen molar-refractivity contribution in [1.29, 1.82) is 0 Å². The Labute approximate surface area is 139 Å². The normalized spacial score (nSPS) is 11.3. The summed E-state index contributed by atoms with van der Waals surface area (Å²) in [4.78, 5) is 21.7. The van der Waals surface area contributed by atoms with Gasteiger partial charge in [-0.1, -0.05) is 24.3 Å². The van der Waals surface area contributed by atoms with E-state index >= 15 is 0 Å². The quantitative estimate of drug-likeness (QED) is 0.518. The molecule has 0 aliphatic heterocycles. The van der Waals surface area contributed by atoms with Gasteiger partial charge in [0.05, 0.1) is 15.5 Å². The lowest BCUT2D eigenvalue weighted by Crippen LogP contribution is -2.12. The number of hydrogen-bond donors (Lipinski definition) is 0. The Morgan fingerprint density at radius 2 is 1.79 bits per heavy atom. The zero-order chi connectivity index (χ0) is 17.3. The first-order chi connectivity index (χ1) is 11.4. The van der Waals surface area contributed by atoms with Gasteiger partial charge in [-0.25, -0.2) is 8.42 Å². The Hall–Kier alpha value is -2.85. The Bertz CT molecular complexity index is 1070. The number of nitro benzene ring substituents is 1. The maximum atomic E-state index is 12.5. The molecule has 3 aromatic rings. The minimum absolute atomic E-state index is 0.0185. The third kappa shape index (κ3) is 2.84. The molecule has 24 heavy (non-hydrogen) atoms. The van der Waals surface area contributed by atoms with E-state index in [2.05, 4.69) is 5.10 Å². The average molecular weight is 363 g/mol. The maximum absolute atomic E-state index is 12.5. The van der Waals surface area contributed by atoms with E-state index in [4.69, 9.17) is 0 Å². The molecule has 0 N–H and O–H groups in total. The van der Waals surface area contributed by atoms with Crippen LogP contribution in [0.3, 0.4) is 0 Å². The Kier molecular flexibility index (Phi) is 3.99. The fourth-order valence-corrected chi connectivity index (χ4v) is 4.32. The summed E-state index contributed by atoms with van der Waals surface area (Å²) >= 11 is 0.464. The number of nitro groups is 1. The highest BCUT2D eigenvalue weighted by Gasteiger charge is 2.24. The van der Waals surface area contributed by atoms with Gasteiger partial charge in [0, 0.05) is 12.1 Å². The highest BCUT2D eigenvalue weighted by Crippen LogP contribution is 2.22. The molecule has 0 aliphatic carbocycles. The largest absolute Gasteiger partial charge is 0.330 e. The van der Waals surface area contributed by atoms with Crippen molar-refractivity contribution < 1.29 is 13.3 Å². The number of hydrogen-bond acceptors (Lipinski definition) is 7. The molecule has 10 heteroatoms. The van der Waals surface area contributed by atoms with E-state index in [9.17, 15) is 23.3 Å². The molecule has 0 unspecified atom stereocenters. The smallest absolute Gasteiger partial charge is 0.258 e. The second-order valence-electron chi connectivity index (χ2n) is 4.64. The lowest BCUT2D eigenvalue weighted by molar-refractivity contribution is -0.384. The fraction of sp³-hybridized carbons (Fsp3) is 0. The first-order valence-corrected chi connectivity index (χ1v) is 8.85. The molecular weight excluding hydrogens is 354 g/mol. The minimum atomic E-state index is -3.92. The molecule has 0 atom stereocenters. The standard InChI is InChI=1S/C14H9N3O5S2/c18-14-16(10-5-4-6-11(9-10)17(19)20)15-13(23-14)24(21,22)12-7-2-1-3-8-12/h1-9H. The van der Waals surface area contributed by atoms with Gasteiger partial charge in [0.2, 0.25) is 14.2 Å². The van der Waals surface area contributed by atoms with E-state index in [0.29, 0.717) is 11.3 Å². The molecule has 0 spiro atoms. The second-order valence-corrected chi connectivity index (χ2v) is 7.70. The Morgan fingerprint density at radius 3 is 2.46 bits per heavy atom. The van der Waals surface area contributed by atoms with Crippen molar-refractivity contribution in [3.8, 4) is 5.69 Å². The van der Waals surface area contributed by atoms with E-state index in [0.717, 1.165) is 10.7 Å². The first-order valence-electron chi connectivity index (χ1n) is 6.55. The minimum Gasteiger partial charge on any atom is -0.258 e. The van der Waals surface area contributed by atoms with Crippen LogP contribution in [0.15, 0.2) is 68.6 Å². The number of benzene rings is 2. The summed E-state index contributed by atoms with van der Waals surface area (Å²) in [5, 5.41) is 14.7. The van der Waals surface area contributed by atoms with Crippen molar-refractivity contribution in [2.45, 2.75) is 9.24 Å². The SMILES string of the molecule is O=c1sc(S(=O)(=O)c2ccccc2)nn1-c1cccc([N+](=O)[O-])c1. The molecule has 0 aliphatic rings. The van der Waals surface area contributed by atoms with Crippen molar-refractivity contribution in [2.75, 3.05) is 0 Å². The number of sulfone groups is 1. The van der Waals surface area contributed by atoms with Crippen LogP contribution >= 0.6 is 11.3 Å². The Balaban J connectivity index is 2.11. The maximum Gasteiger partial charge on any atom is 0.330 e. The summed E-state index contributed by atoms with van der Waals surface area (Å²) < 4.78 is 25.5. The van der Waals surface area contributed by atoms with Crippen LogP contribution in [-0.2, 0) is 9.84 Å². The molecule has 0 saturated carbocycles. The van der Waals surface area contributed by atoms with Crippen LogP contribution in [0.1, 0.15) is 0 Å². The second kappa shape index (κ2) is 5.98. The zero-order valence-corrected chi connectivity index (χ0v) is 13.5. The molecule has 3 rings (SSSR count). The van der Waals surface area contributed by atoms with Gasteiger partial charge in [0.1, 0.15) is 0 Å². The van der Waals surface area contributed by atoms with E-state index in [1.165, 1.54) is 30.3 Å². The van der Waals surface area contributed by atoms with Crippen molar-refractivity contribution in [1.82, 2.24) is 9.78 Å². The topological polar surface area (TPSA) is 112 Å². The number of rotatable bonds is 4. The summed E-state index contributed by atoms with van der Waals surface area (Å²) in [5.74, 6) is 0. The monoisotopic (exact) mass is 363 g/mol. The predicted octanol–water partition coefficient (Wildman–Crippen LogP) is 2.04. The van der Waals surface area contributed by atoms with Crippen molar-refractivity contribution >= 4 is 26.9 Å². The van der Waals surface area contributed by atoms with Gasteiger partial charge in [-0.3, -0.25) is 14.9 Å². The third-order valence-corrected chi connectivity index (χ3v) is 6.04. The molecule has 0 saturated heterocycles. The van der Waals surface area contributed by atoms with Gasteiger partial charge in [0.25, 0.3) is 5.69 Å². The van der Waals surface area contributed by atoms with Crippen molar-refractivity contribution in [3.05, 3.63) is 74.4 Å². The van der Waals surface area contributed by atoms with Gasteiger partial charge >= 0.3 is 4.87 Å². The van der Waals surface area contributed by atoms with E-state index in [-0.39, 0.29) is 20.6 Å². The predicted molar refractivity (Wildman–Crippen MR) is 86.3 cm³/mol. The first kappa shape index (κ1) is 16.0. The highest BCUT2D eigenvalue weighted by atomic mass is 32.2. The van der Waals surface area contributed by atoms with Crippen LogP contribution in [0.4, 0.5) is 5.69 Å². The van der Waals surface area contributed by atoms with E-state index < -0.39 is 19.6 Å². The van der Waals surface area contributed by atoms with Crippen molar-refractivity contribution in [2.24, 2.45) is 0 Å². The van der Waals surface area contributed by atoms with Gasteiger partial charge in [0.15, 0.2) is 0 Å².